The molecule has 0 aliphatic carbocycles. The van der Waals surface area contributed by atoms with Gasteiger partial charge in [0.1, 0.15) is 0 Å². The number of hydrogen-bond donors (Lipinski definition) is 0. The van der Waals surface area contributed by atoms with Crippen LogP contribution in [0.4, 0.5) is 0 Å². The van der Waals surface area contributed by atoms with Gasteiger partial charge in [-0.25, -0.2) is 0 Å². The van der Waals surface area contributed by atoms with Crippen LogP contribution in [-0.4, -0.2) is 14.3 Å². The van der Waals surface area contributed by atoms with Crippen LogP contribution in [0.15, 0.2) is 36.5 Å². The van der Waals surface area contributed by atoms with Crippen LogP contribution in [0.2, 0.25) is 0 Å². The predicted octanol–water partition coefficient (Wildman–Crippen LogP) is 2.86. The summed E-state index contributed by atoms with van der Waals surface area (Å²) in [6.07, 6.45) is 3.00. The minimum Gasteiger partial charge on any atom is -0.341 e. The van der Waals surface area contributed by atoms with E-state index in [1.165, 1.54) is 5.69 Å². The summed E-state index contributed by atoms with van der Waals surface area (Å²) in [5, 5.41) is 14.7. The second kappa shape index (κ2) is 4.86. The van der Waals surface area contributed by atoms with E-state index in [4.69, 9.17) is 5.26 Å². The van der Waals surface area contributed by atoms with Crippen molar-refractivity contribution in [2.75, 3.05) is 0 Å². The number of nitrogens with zero attached hydrogens (tertiary/aromatic N) is 4. The highest BCUT2D eigenvalue weighted by Crippen LogP contribution is 2.19. The molecular formula is C16H16N4. The largest absolute Gasteiger partial charge is 0.341 e. The fourth-order valence-electron chi connectivity index (χ4n) is 2.46. The fourth-order valence-corrected chi connectivity index (χ4v) is 2.46. The Labute approximate surface area is 117 Å². The Hall–Kier alpha value is -2.54. The maximum atomic E-state index is 9.02. The van der Waals surface area contributed by atoms with Crippen LogP contribution in [0.1, 0.15) is 23.9 Å². The Morgan fingerprint density at radius 1 is 1.25 bits per heavy atom. The summed E-state index contributed by atoms with van der Waals surface area (Å²) in [5.41, 5.74) is 4.05. The van der Waals surface area contributed by atoms with Crippen LogP contribution in [0.3, 0.4) is 0 Å². The number of aromatic nitrogens is 3. The lowest BCUT2D eigenvalue weighted by molar-refractivity contribution is 0.669. The molecule has 0 saturated carbocycles. The third kappa shape index (κ3) is 2.08. The van der Waals surface area contributed by atoms with Gasteiger partial charge < -0.3 is 4.57 Å². The van der Waals surface area contributed by atoms with Crippen molar-refractivity contribution in [3.63, 3.8) is 0 Å². The fraction of sp³-hybridized carbons (Fsp3) is 0.250. The molecule has 2 heterocycles. The Morgan fingerprint density at radius 3 is 2.80 bits per heavy atom. The van der Waals surface area contributed by atoms with Gasteiger partial charge in [-0.3, -0.25) is 4.68 Å². The van der Waals surface area contributed by atoms with Crippen LogP contribution in [0.25, 0.3) is 10.9 Å². The molecule has 0 bridgehead atoms. The van der Waals surface area contributed by atoms with Crippen LogP contribution < -0.4 is 0 Å². The molecule has 0 N–H and O–H groups in total. The van der Waals surface area contributed by atoms with Crippen molar-refractivity contribution in [2.24, 2.45) is 7.05 Å². The molecule has 20 heavy (non-hydrogen) atoms. The van der Waals surface area contributed by atoms with E-state index in [-0.39, 0.29) is 0 Å². The average molecular weight is 264 g/mol. The van der Waals surface area contributed by atoms with Gasteiger partial charge in [-0.15, -0.1) is 0 Å². The summed E-state index contributed by atoms with van der Waals surface area (Å²) in [6.45, 7) is 2.87. The number of fused-ring (bicyclic) bond motifs is 1. The average Bonchev–Trinajstić information content (AvgIpc) is 3.03. The van der Waals surface area contributed by atoms with E-state index >= 15 is 0 Å². The van der Waals surface area contributed by atoms with Crippen LogP contribution in [0, 0.1) is 11.3 Å². The minimum atomic E-state index is 0.691. The Balaban J connectivity index is 2.02. The van der Waals surface area contributed by atoms with Gasteiger partial charge in [0.25, 0.3) is 0 Å². The van der Waals surface area contributed by atoms with E-state index in [9.17, 15) is 0 Å². The van der Waals surface area contributed by atoms with Crippen molar-refractivity contribution in [2.45, 2.75) is 19.9 Å². The lowest BCUT2D eigenvalue weighted by atomic mass is 10.2. The van der Waals surface area contributed by atoms with Gasteiger partial charge in [-0.1, -0.05) is 13.0 Å². The lowest BCUT2D eigenvalue weighted by Crippen LogP contribution is -2.04. The van der Waals surface area contributed by atoms with Crippen molar-refractivity contribution >= 4 is 10.9 Å². The normalized spacial score (nSPS) is 10.8. The second-order valence-electron chi connectivity index (χ2n) is 4.93. The predicted molar refractivity (Wildman–Crippen MR) is 78.3 cm³/mol. The molecule has 2 aromatic heterocycles. The number of nitriles is 1. The van der Waals surface area contributed by atoms with Crippen molar-refractivity contribution in [1.29, 1.82) is 5.26 Å². The summed E-state index contributed by atoms with van der Waals surface area (Å²) < 4.78 is 4.09. The maximum absolute atomic E-state index is 9.02. The Bertz CT molecular complexity index is 802. The molecule has 4 heteroatoms. The zero-order chi connectivity index (χ0) is 14.1. The number of aryl methyl sites for hydroxylation is 2. The third-order valence-electron chi connectivity index (χ3n) is 3.62. The highest BCUT2D eigenvalue weighted by atomic mass is 15.3. The van der Waals surface area contributed by atoms with Crippen molar-refractivity contribution in [3.8, 4) is 6.07 Å². The van der Waals surface area contributed by atoms with Gasteiger partial charge in [0.2, 0.25) is 0 Å². The zero-order valence-electron chi connectivity index (χ0n) is 11.7. The SMILES string of the molecule is CCc1cc(Cn2ccc3ccc(C#N)cc32)n(C)n1. The molecule has 3 rings (SSSR count). The van der Waals surface area contributed by atoms with Crippen LogP contribution in [0.5, 0.6) is 0 Å². The molecule has 0 aliphatic rings. The van der Waals surface area contributed by atoms with Crippen molar-refractivity contribution in [1.82, 2.24) is 14.3 Å². The zero-order valence-corrected chi connectivity index (χ0v) is 11.7. The Morgan fingerprint density at radius 2 is 2.10 bits per heavy atom. The number of benzene rings is 1. The topological polar surface area (TPSA) is 46.5 Å². The van der Waals surface area contributed by atoms with E-state index in [2.05, 4.69) is 41.0 Å². The molecule has 1 aromatic carbocycles. The standard InChI is InChI=1S/C16H16N4/c1-3-14-9-15(19(2)18-14)11-20-7-6-13-5-4-12(10-17)8-16(13)20/h4-9H,3,11H2,1-2H3. The van der Waals surface area contributed by atoms with Gasteiger partial charge in [-0.2, -0.15) is 10.4 Å². The molecule has 0 fully saturated rings. The summed E-state index contributed by atoms with van der Waals surface area (Å²) in [6, 6.07) is 12.2. The molecular weight excluding hydrogens is 248 g/mol. The van der Waals surface area contributed by atoms with E-state index in [0.717, 1.165) is 29.6 Å². The summed E-state index contributed by atoms with van der Waals surface area (Å²) in [4.78, 5) is 0. The second-order valence-corrected chi connectivity index (χ2v) is 4.93. The molecule has 3 aromatic rings. The molecule has 0 amide bonds. The first kappa shape index (κ1) is 12.5. The molecule has 0 unspecified atom stereocenters. The highest BCUT2D eigenvalue weighted by Gasteiger charge is 2.07. The highest BCUT2D eigenvalue weighted by molar-refractivity contribution is 5.81. The monoisotopic (exact) mass is 264 g/mol. The molecule has 0 spiro atoms. The molecule has 0 saturated heterocycles. The maximum Gasteiger partial charge on any atom is 0.0992 e. The summed E-state index contributed by atoms with van der Waals surface area (Å²) in [5.74, 6) is 0. The molecule has 0 radical (unpaired) electrons. The Kier molecular flexibility index (Phi) is 3.03. The van der Waals surface area contributed by atoms with Crippen molar-refractivity contribution < 1.29 is 0 Å². The van der Waals surface area contributed by atoms with Crippen LogP contribution >= 0.6 is 0 Å². The van der Waals surface area contributed by atoms with Crippen LogP contribution in [-0.2, 0) is 20.0 Å². The number of hydrogen-bond acceptors (Lipinski definition) is 2. The molecule has 4 nitrogen and oxygen atoms in total. The first-order chi connectivity index (χ1) is 9.71. The lowest BCUT2D eigenvalue weighted by Gasteiger charge is -2.06. The first-order valence-corrected chi connectivity index (χ1v) is 6.72. The minimum absolute atomic E-state index is 0.691. The van der Waals surface area contributed by atoms with E-state index in [1.807, 2.05) is 29.9 Å². The van der Waals surface area contributed by atoms with Gasteiger partial charge in [0.15, 0.2) is 0 Å². The third-order valence-corrected chi connectivity index (χ3v) is 3.62. The smallest absolute Gasteiger partial charge is 0.0992 e. The van der Waals surface area contributed by atoms with Gasteiger partial charge in [0.05, 0.1) is 29.6 Å². The van der Waals surface area contributed by atoms with Crippen molar-refractivity contribution in [3.05, 3.63) is 53.5 Å². The van der Waals surface area contributed by atoms with Gasteiger partial charge in [0, 0.05) is 18.8 Å². The molecule has 0 atom stereocenters. The van der Waals surface area contributed by atoms with Gasteiger partial charge in [-0.05, 0) is 36.1 Å². The van der Waals surface area contributed by atoms with E-state index < -0.39 is 0 Å². The van der Waals surface area contributed by atoms with E-state index in [1.54, 1.807) is 0 Å². The van der Waals surface area contributed by atoms with Gasteiger partial charge >= 0.3 is 0 Å². The molecule has 0 aliphatic heterocycles. The van der Waals surface area contributed by atoms with E-state index in [0.29, 0.717) is 5.56 Å². The summed E-state index contributed by atoms with van der Waals surface area (Å²) >= 11 is 0. The quantitative estimate of drug-likeness (QED) is 0.730. The first-order valence-electron chi connectivity index (χ1n) is 6.72. The summed E-state index contributed by atoms with van der Waals surface area (Å²) in [7, 11) is 1.97. The number of rotatable bonds is 3. The molecule has 100 valence electrons.